The lowest BCUT2D eigenvalue weighted by atomic mass is 9.47. The van der Waals surface area contributed by atoms with Crippen molar-refractivity contribution in [3.8, 4) is 0 Å². The Hall–Kier alpha value is -0.830. The first-order chi connectivity index (χ1) is 19.0. The fourth-order valence-electron chi connectivity index (χ4n) is 11.2. The highest BCUT2D eigenvalue weighted by Gasteiger charge is 2.59. The number of rotatable bonds is 9. The quantitative estimate of drug-likeness (QED) is 0.210. The summed E-state index contributed by atoms with van der Waals surface area (Å²) in [6, 6.07) is 0. The molecule has 0 aromatic carbocycles. The van der Waals surface area contributed by atoms with Crippen molar-refractivity contribution < 1.29 is 9.53 Å². The van der Waals surface area contributed by atoms with Gasteiger partial charge in [-0.3, -0.25) is 4.79 Å². The number of carbonyl (C=O) groups is 1. The Kier molecular flexibility index (Phi) is 9.51. The first-order valence-electron chi connectivity index (χ1n) is 17.6. The van der Waals surface area contributed by atoms with Gasteiger partial charge in [0.05, 0.1) is 6.42 Å². The molecule has 5 rings (SSSR count). The first-order valence-corrected chi connectivity index (χ1v) is 17.6. The molecule has 3 nitrogen and oxygen atoms in total. The minimum atomic E-state index is 0.0294. The molecule has 0 aromatic heterocycles. The molecule has 1 aliphatic heterocycles. The van der Waals surface area contributed by atoms with E-state index in [2.05, 4.69) is 59.4 Å². The minimum Gasteiger partial charge on any atom is -0.462 e. The summed E-state index contributed by atoms with van der Waals surface area (Å²) in [5.41, 5.74) is 2.52. The Bertz CT molecular complexity index is 900. The molecule has 228 valence electrons. The average molecular weight is 554 g/mol. The molecule has 1 saturated heterocycles. The third-order valence-corrected chi connectivity index (χ3v) is 13.1. The molecule has 0 aromatic rings. The Labute approximate surface area is 247 Å². The molecule has 0 bridgehead atoms. The largest absolute Gasteiger partial charge is 0.462 e. The number of likely N-dealkylation sites (tertiary alicyclic amines) is 1. The second-order valence-corrected chi connectivity index (χ2v) is 16.6. The molecule has 0 spiro atoms. The van der Waals surface area contributed by atoms with E-state index in [1.165, 1.54) is 64.2 Å². The maximum absolute atomic E-state index is 12.9. The van der Waals surface area contributed by atoms with E-state index in [-0.39, 0.29) is 12.1 Å². The van der Waals surface area contributed by atoms with Crippen LogP contribution in [0.25, 0.3) is 0 Å². The van der Waals surface area contributed by atoms with Crippen LogP contribution in [-0.2, 0) is 9.53 Å². The van der Waals surface area contributed by atoms with Crippen LogP contribution in [0.5, 0.6) is 0 Å². The fourth-order valence-corrected chi connectivity index (χ4v) is 11.2. The van der Waals surface area contributed by atoms with E-state index in [0.29, 0.717) is 17.3 Å². The number of hydrogen-bond donors (Lipinski definition) is 0. The molecule has 4 aliphatic carbocycles. The predicted molar refractivity (Wildman–Crippen MR) is 167 cm³/mol. The van der Waals surface area contributed by atoms with E-state index >= 15 is 0 Å². The second-order valence-electron chi connectivity index (χ2n) is 16.6. The molecule has 0 amide bonds. The Balaban J connectivity index is 1.16. The normalized spacial score (nSPS) is 42.5. The Morgan fingerprint density at radius 1 is 1.00 bits per heavy atom. The van der Waals surface area contributed by atoms with Crippen LogP contribution in [0, 0.1) is 58.2 Å². The highest BCUT2D eigenvalue weighted by molar-refractivity contribution is 5.69. The monoisotopic (exact) mass is 553 g/mol. The van der Waals surface area contributed by atoms with Gasteiger partial charge in [0.1, 0.15) is 6.10 Å². The number of hydrogen-bond acceptors (Lipinski definition) is 3. The lowest BCUT2D eigenvalue weighted by Gasteiger charge is -2.58. The maximum Gasteiger partial charge on any atom is 0.307 e. The third-order valence-electron chi connectivity index (χ3n) is 13.1. The van der Waals surface area contributed by atoms with Gasteiger partial charge in [-0.05, 0) is 110 Å². The molecule has 10 atom stereocenters. The number of carbonyl (C=O) groups excluding carboxylic acids is 1. The van der Waals surface area contributed by atoms with Gasteiger partial charge in [-0.25, -0.2) is 0 Å². The van der Waals surface area contributed by atoms with Gasteiger partial charge in [-0.15, -0.1) is 0 Å². The van der Waals surface area contributed by atoms with Gasteiger partial charge in [0, 0.05) is 26.1 Å². The lowest BCUT2D eigenvalue weighted by Crippen LogP contribution is -2.51. The molecule has 0 N–H and O–H groups in total. The van der Waals surface area contributed by atoms with Crippen LogP contribution in [-0.4, -0.2) is 36.6 Å². The molecular formula is C37H63NO2. The standard InChI is InChI=1S/C37H63NO2/c1-25(2)9-8-10-28(5)32-13-14-33-31-12-11-29-22-30(15-18-36(29,6)34(31)16-19-37(32,33)7)40-35(39)17-20-38-23-26(3)21-27(4)24-38/h11,25-28,30-34H,8-10,12-24H2,1-7H3/t26?,27?,28?,30?,31?,32?,33?,34?,36-,37+/m0/s1. The number of piperidine rings is 1. The van der Waals surface area contributed by atoms with Crippen LogP contribution in [0.3, 0.4) is 0 Å². The smallest absolute Gasteiger partial charge is 0.307 e. The van der Waals surface area contributed by atoms with Crippen molar-refractivity contribution in [2.75, 3.05) is 19.6 Å². The summed E-state index contributed by atoms with van der Waals surface area (Å²) in [5.74, 6) is 6.76. The van der Waals surface area contributed by atoms with Crippen molar-refractivity contribution in [3.05, 3.63) is 11.6 Å². The predicted octanol–water partition coefficient (Wildman–Crippen LogP) is 9.31. The fraction of sp³-hybridized carbons (Fsp3) is 0.919. The molecule has 0 radical (unpaired) electrons. The second kappa shape index (κ2) is 12.4. The highest BCUT2D eigenvalue weighted by atomic mass is 16.5. The summed E-state index contributed by atoms with van der Waals surface area (Å²) in [7, 11) is 0. The van der Waals surface area contributed by atoms with Crippen LogP contribution >= 0.6 is 0 Å². The summed E-state index contributed by atoms with van der Waals surface area (Å²) in [4.78, 5) is 15.3. The zero-order valence-corrected chi connectivity index (χ0v) is 27.4. The van der Waals surface area contributed by atoms with Crippen molar-refractivity contribution in [2.24, 2.45) is 58.2 Å². The lowest BCUT2D eigenvalue weighted by molar-refractivity contribution is -0.152. The molecular weight excluding hydrogens is 490 g/mol. The van der Waals surface area contributed by atoms with Crippen LogP contribution in [0.4, 0.5) is 0 Å². The van der Waals surface area contributed by atoms with Gasteiger partial charge in [-0.1, -0.05) is 79.4 Å². The molecule has 1 heterocycles. The minimum absolute atomic E-state index is 0.0294. The van der Waals surface area contributed by atoms with Gasteiger partial charge in [-0.2, -0.15) is 0 Å². The Morgan fingerprint density at radius 2 is 1.75 bits per heavy atom. The van der Waals surface area contributed by atoms with E-state index in [4.69, 9.17) is 4.74 Å². The summed E-state index contributed by atoms with van der Waals surface area (Å²) in [5, 5.41) is 0. The van der Waals surface area contributed by atoms with Crippen molar-refractivity contribution in [1.29, 1.82) is 0 Å². The number of allylic oxidation sites excluding steroid dienone is 1. The van der Waals surface area contributed by atoms with E-state index in [0.717, 1.165) is 79.8 Å². The Morgan fingerprint density at radius 3 is 2.48 bits per heavy atom. The highest BCUT2D eigenvalue weighted by Crippen LogP contribution is 2.67. The van der Waals surface area contributed by atoms with E-state index in [9.17, 15) is 4.79 Å². The topological polar surface area (TPSA) is 29.5 Å². The number of esters is 1. The van der Waals surface area contributed by atoms with Crippen molar-refractivity contribution in [3.63, 3.8) is 0 Å². The van der Waals surface area contributed by atoms with Crippen LogP contribution in [0.15, 0.2) is 11.6 Å². The van der Waals surface area contributed by atoms with Crippen molar-refractivity contribution >= 4 is 5.97 Å². The van der Waals surface area contributed by atoms with Gasteiger partial charge in [0.2, 0.25) is 0 Å². The third kappa shape index (κ3) is 6.26. The van der Waals surface area contributed by atoms with E-state index in [1.807, 2.05) is 0 Å². The number of fused-ring (bicyclic) bond motifs is 5. The van der Waals surface area contributed by atoms with E-state index < -0.39 is 0 Å². The summed E-state index contributed by atoms with van der Waals surface area (Å²) >= 11 is 0. The summed E-state index contributed by atoms with van der Waals surface area (Å²) < 4.78 is 6.13. The zero-order valence-electron chi connectivity index (χ0n) is 27.4. The molecule has 8 unspecified atom stereocenters. The molecule has 40 heavy (non-hydrogen) atoms. The number of nitrogens with zero attached hydrogens (tertiary/aromatic N) is 1. The van der Waals surface area contributed by atoms with Gasteiger partial charge < -0.3 is 9.64 Å². The van der Waals surface area contributed by atoms with Crippen LogP contribution in [0.1, 0.15) is 132 Å². The molecule has 3 heteroatoms. The molecule has 5 aliphatic rings. The number of ether oxygens (including phenoxy) is 1. The SMILES string of the molecule is CC(C)CCCC(C)C1CCC2C3CC=C4CC(OC(=O)CCN5CC(C)CC(C)C5)CC[C@]4(C)C3CC[C@]12C. The maximum atomic E-state index is 12.9. The van der Waals surface area contributed by atoms with Gasteiger partial charge in [0.25, 0.3) is 0 Å². The molecule has 3 saturated carbocycles. The summed E-state index contributed by atoms with van der Waals surface area (Å²) in [6.07, 6.45) is 19.1. The average Bonchev–Trinajstić information content (AvgIpc) is 3.24. The summed E-state index contributed by atoms with van der Waals surface area (Å²) in [6.45, 7) is 20.4. The first kappa shape index (κ1) is 30.6. The zero-order chi connectivity index (χ0) is 28.7. The molecule has 4 fully saturated rings. The van der Waals surface area contributed by atoms with Crippen molar-refractivity contribution in [1.82, 2.24) is 4.90 Å². The van der Waals surface area contributed by atoms with Crippen molar-refractivity contribution in [2.45, 2.75) is 138 Å². The van der Waals surface area contributed by atoms with Crippen LogP contribution in [0.2, 0.25) is 0 Å². The van der Waals surface area contributed by atoms with E-state index in [1.54, 1.807) is 5.57 Å². The van der Waals surface area contributed by atoms with Gasteiger partial charge >= 0.3 is 5.97 Å². The van der Waals surface area contributed by atoms with Crippen LogP contribution < -0.4 is 0 Å². The van der Waals surface area contributed by atoms with Gasteiger partial charge in [0.15, 0.2) is 0 Å².